The molecule has 5 nitrogen and oxygen atoms in total. The average molecular weight is 272 g/mol. The number of nitrogens with two attached hydrogens (primary N) is 1. The summed E-state index contributed by atoms with van der Waals surface area (Å²) in [5, 5.41) is 9.18. The summed E-state index contributed by atoms with van der Waals surface area (Å²) in [6.45, 7) is 5.18. The van der Waals surface area contributed by atoms with Crippen LogP contribution in [-0.2, 0) is 4.79 Å². The highest BCUT2D eigenvalue weighted by Gasteiger charge is 2.23. The van der Waals surface area contributed by atoms with E-state index in [-0.39, 0.29) is 11.9 Å². The van der Waals surface area contributed by atoms with Crippen molar-refractivity contribution in [3.8, 4) is 6.07 Å². The summed E-state index contributed by atoms with van der Waals surface area (Å²) in [6, 6.07) is 9.64. The van der Waals surface area contributed by atoms with Gasteiger partial charge >= 0.3 is 0 Å². The molecule has 1 aliphatic rings. The smallest absolute Gasteiger partial charge is 0.234 e. The van der Waals surface area contributed by atoms with Crippen LogP contribution in [0.2, 0.25) is 0 Å². The summed E-state index contributed by atoms with van der Waals surface area (Å²) in [4.78, 5) is 15.6. The SMILES string of the molecule is C[C@H](C(N)=O)N1CCCN(c2ccccc2C#N)CC1. The van der Waals surface area contributed by atoms with Crippen LogP contribution in [-0.4, -0.2) is 43.0 Å². The molecule has 2 N–H and O–H groups in total. The first-order chi connectivity index (χ1) is 9.63. The topological polar surface area (TPSA) is 73.4 Å². The van der Waals surface area contributed by atoms with Crippen molar-refractivity contribution in [2.75, 3.05) is 31.1 Å². The van der Waals surface area contributed by atoms with E-state index < -0.39 is 0 Å². The predicted molar refractivity (Wildman–Crippen MR) is 78.2 cm³/mol. The van der Waals surface area contributed by atoms with Gasteiger partial charge in [0.15, 0.2) is 0 Å². The molecular formula is C15H20N4O. The molecule has 1 atom stereocenters. The minimum Gasteiger partial charge on any atom is -0.369 e. The molecule has 0 saturated carbocycles. The number of nitriles is 1. The molecule has 5 heteroatoms. The predicted octanol–water partition coefficient (Wildman–Crippen LogP) is 0.944. The van der Waals surface area contributed by atoms with Gasteiger partial charge in [-0.1, -0.05) is 12.1 Å². The first-order valence-corrected chi connectivity index (χ1v) is 6.91. The van der Waals surface area contributed by atoms with E-state index >= 15 is 0 Å². The molecule has 2 rings (SSSR count). The van der Waals surface area contributed by atoms with Gasteiger partial charge in [-0.2, -0.15) is 5.26 Å². The summed E-state index contributed by atoms with van der Waals surface area (Å²) in [5.41, 5.74) is 7.05. The van der Waals surface area contributed by atoms with Gasteiger partial charge in [0.1, 0.15) is 6.07 Å². The first-order valence-electron chi connectivity index (χ1n) is 6.91. The van der Waals surface area contributed by atoms with Crippen molar-refractivity contribution in [3.05, 3.63) is 29.8 Å². The average Bonchev–Trinajstić information content (AvgIpc) is 2.72. The Bertz CT molecular complexity index is 523. The Morgan fingerprint density at radius 2 is 2.05 bits per heavy atom. The Hall–Kier alpha value is -2.06. The molecule has 106 valence electrons. The van der Waals surface area contributed by atoms with E-state index in [4.69, 9.17) is 5.73 Å². The molecule has 1 heterocycles. The van der Waals surface area contributed by atoms with Crippen molar-refractivity contribution in [3.63, 3.8) is 0 Å². The lowest BCUT2D eigenvalue weighted by molar-refractivity contribution is -0.122. The van der Waals surface area contributed by atoms with E-state index in [1.807, 2.05) is 31.2 Å². The number of hydrogen-bond donors (Lipinski definition) is 1. The second-order valence-electron chi connectivity index (χ2n) is 5.08. The molecule has 1 fully saturated rings. The Balaban J connectivity index is 2.10. The number of amides is 1. The van der Waals surface area contributed by atoms with Crippen molar-refractivity contribution in [2.24, 2.45) is 5.73 Å². The van der Waals surface area contributed by atoms with E-state index in [0.717, 1.165) is 38.3 Å². The molecule has 1 saturated heterocycles. The van der Waals surface area contributed by atoms with Crippen LogP contribution in [0.3, 0.4) is 0 Å². The first kappa shape index (κ1) is 14.4. The lowest BCUT2D eigenvalue weighted by Gasteiger charge is -2.26. The number of carbonyl (C=O) groups is 1. The molecule has 0 aliphatic carbocycles. The second-order valence-corrected chi connectivity index (χ2v) is 5.08. The van der Waals surface area contributed by atoms with Crippen LogP contribution in [0.5, 0.6) is 0 Å². The normalized spacial score (nSPS) is 18.1. The van der Waals surface area contributed by atoms with Crippen molar-refractivity contribution in [1.29, 1.82) is 5.26 Å². The van der Waals surface area contributed by atoms with Crippen LogP contribution in [0, 0.1) is 11.3 Å². The third-order valence-electron chi connectivity index (χ3n) is 3.86. The fraction of sp³-hybridized carbons (Fsp3) is 0.467. The van der Waals surface area contributed by atoms with Gasteiger partial charge in [0.2, 0.25) is 5.91 Å². The molecule has 1 aromatic rings. The number of nitrogens with zero attached hydrogens (tertiary/aromatic N) is 3. The van der Waals surface area contributed by atoms with E-state index in [1.54, 1.807) is 0 Å². The second kappa shape index (κ2) is 6.40. The van der Waals surface area contributed by atoms with Gasteiger partial charge in [-0.25, -0.2) is 0 Å². The maximum atomic E-state index is 11.3. The lowest BCUT2D eigenvalue weighted by Crippen LogP contribution is -2.44. The van der Waals surface area contributed by atoms with Crippen LogP contribution >= 0.6 is 0 Å². The van der Waals surface area contributed by atoms with Crippen molar-refractivity contribution in [2.45, 2.75) is 19.4 Å². The lowest BCUT2D eigenvalue weighted by atomic mass is 10.1. The highest BCUT2D eigenvalue weighted by Crippen LogP contribution is 2.21. The quantitative estimate of drug-likeness (QED) is 0.889. The Labute approximate surface area is 119 Å². The van der Waals surface area contributed by atoms with Crippen molar-refractivity contribution >= 4 is 11.6 Å². The van der Waals surface area contributed by atoms with Crippen molar-refractivity contribution in [1.82, 2.24) is 4.90 Å². The zero-order chi connectivity index (χ0) is 14.5. The summed E-state index contributed by atoms with van der Waals surface area (Å²) < 4.78 is 0. The standard InChI is InChI=1S/C15H20N4O/c1-12(15(17)20)18-7-4-8-19(10-9-18)14-6-3-2-5-13(14)11-16/h2-3,5-6,12H,4,7-10H2,1H3,(H2,17,20)/t12-/m1/s1. The number of carbonyl (C=O) groups excluding carboxylic acids is 1. The van der Waals surface area contributed by atoms with Gasteiger partial charge in [-0.05, 0) is 25.5 Å². The molecule has 1 amide bonds. The van der Waals surface area contributed by atoms with Crippen LogP contribution in [0.15, 0.2) is 24.3 Å². The van der Waals surface area contributed by atoms with E-state index in [9.17, 15) is 10.1 Å². The Morgan fingerprint density at radius 1 is 1.30 bits per heavy atom. The Kier molecular flexibility index (Phi) is 4.59. The summed E-state index contributed by atoms with van der Waals surface area (Å²) in [6.07, 6.45) is 0.956. The highest BCUT2D eigenvalue weighted by molar-refractivity contribution is 5.79. The van der Waals surface area contributed by atoms with E-state index in [0.29, 0.717) is 5.56 Å². The number of para-hydroxylation sites is 1. The van der Waals surface area contributed by atoms with E-state index in [2.05, 4.69) is 15.9 Å². The van der Waals surface area contributed by atoms with Crippen LogP contribution in [0.4, 0.5) is 5.69 Å². The molecule has 1 aliphatic heterocycles. The fourth-order valence-electron chi connectivity index (χ4n) is 2.59. The third-order valence-corrected chi connectivity index (χ3v) is 3.86. The molecular weight excluding hydrogens is 252 g/mol. The molecule has 0 bridgehead atoms. The van der Waals surface area contributed by atoms with Crippen LogP contribution in [0.1, 0.15) is 18.9 Å². The summed E-state index contributed by atoms with van der Waals surface area (Å²) in [7, 11) is 0. The van der Waals surface area contributed by atoms with Gasteiger partial charge in [0.25, 0.3) is 0 Å². The van der Waals surface area contributed by atoms with Gasteiger partial charge in [-0.3, -0.25) is 9.69 Å². The minimum absolute atomic E-state index is 0.235. The zero-order valence-corrected chi connectivity index (χ0v) is 11.7. The summed E-state index contributed by atoms with van der Waals surface area (Å²) >= 11 is 0. The molecule has 0 spiro atoms. The highest BCUT2D eigenvalue weighted by atomic mass is 16.1. The Morgan fingerprint density at radius 3 is 2.75 bits per heavy atom. The maximum absolute atomic E-state index is 11.3. The molecule has 20 heavy (non-hydrogen) atoms. The maximum Gasteiger partial charge on any atom is 0.234 e. The molecule has 0 unspecified atom stereocenters. The van der Waals surface area contributed by atoms with Gasteiger partial charge in [-0.15, -0.1) is 0 Å². The number of anilines is 1. The monoisotopic (exact) mass is 272 g/mol. The number of primary amides is 1. The van der Waals surface area contributed by atoms with Crippen LogP contribution in [0.25, 0.3) is 0 Å². The van der Waals surface area contributed by atoms with Gasteiger partial charge in [0, 0.05) is 26.2 Å². The molecule has 0 radical (unpaired) electrons. The van der Waals surface area contributed by atoms with Gasteiger partial charge in [0.05, 0.1) is 17.3 Å². The third kappa shape index (κ3) is 3.09. The largest absolute Gasteiger partial charge is 0.369 e. The minimum atomic E-state index is -0.282. The fourth-order valence-corrected chi connectivity index (χ4v) is 2.59. The molecule has 1 aromatic carbocycles. The molecule has 0 aromatic heterocycles. The van der Waals surface area contributed by atoms with Crippen molar-refractivity contribution < 1.29 is 4.79 Å². The number of hydrogen-bond acceptors (Lipinski definition) is 4. The van der Waals surface area contributed by atoms with E-state index in [1.165, 1.54) is 0 Å². The zero-order valence-electron chi connectivity index (χ0n) is 11.7. The number of rotatable bonds is 3. The van der Waals surface area contributed by atoms with Gasteiger partial charge < -0.3 is 10.6 Å². The van der Waals surface area contributed by atoms with Crippen LogP contribution < -0.4 is 10.6 Å². The number of benzene rings is 1. The summed E-state index contributed by atoms with van der Waals surface area (Å²) in [5.74, 6) is -0.282.